The van der Waals surface area contributed by atoms with Gasteiger partial charge in [0.05, 0.1) is 17.7 Å². The van der Waals surface area contributed by atoms with Crippen molar-refractivity contribution in [1.82, 2.24) is 19.0 Å². The molecule has 1 aliphatic rings. The lowest BCUT2D eigenvalue weighted by Crippen LogP contribution is -2.34. The van der Waals surface area contributed by atoms with Gasteiger partial charge in [-0.1, -0.05) is 24.3 Å². The normalized spacial score (nSPS) is 16.5. The summed E-state index contributed by atoms with van der Waals surface area (Å²) < 4.78 is 11.2. The molecular weight excluding hydrogens is 356 g/mol. The second-order valence-electron chi connectivity index (χ2n) is 7.31. The molecule has 6 heteroatoms. The highest BCUT2D eigenvalue weighted by Crippen LogP contribution is 2.30. The molecule has 0 radical (unpaired) electrons. The molecule has 0 unspecified atom stereocenters. The van der Waals surface area contributed by atoms with Gasteiger partial charge in [0.25, 0.3) is 0 Å². The molecular formula is C21H22N4OS. The minimum atomic E-state index is 0.397. The number of benzene rings is 2. The molecule has 138 valence electrons. The molecule has 1 fully saturated rings. The lowest BCUT2D eigenvalue weighted by molar-refractivity contribution is 0.163. The fourth-order valence-corrected chi connectivity index (χ4v) is 4.34. The fourth-order valence-electron chi connectivity index (χ4n) is 4.09. The SMILES string of the molecule is Cn1c(=S)n(CN2CCC(c3nc4ccccc4o3)CC2)c2ccccc21. The molecule has 3 heterocycles. The van der Waals surface area contributed by atoms with Crippen LogP contribution in [0.3, 0.4) is 0 Å². The predicted molar refractivity (Wildman–Crippen MR) is 109 cm³/mol. The molecule has 0 bridgehead atoms. The Morgan fingerprint density at radius 1 is 1.04 bits per heavy atom. The average Bonchev–Trinajstić information content (AvgIpc) is 3.24. The third-order valence-electron chi connectivity index (χ3n) is 5.64. The third-order valence-corrected chi connectivity index (χ3v) is 6.13. The van der Waals surface area contributed by atoms with Gasteiger partial charge in [-0.2, -0.15) is 0 Å². The highest BCUT2D eigenvalue weighted by Gasteiger charge is 2.25. The van der Waals surface area contributed by atoms with Crippen LogP contribution in [-0.2, 0) is 13.7 Å². The molecule has 0 atom stereocenters. The van der Waals surface area contributed by atoms with Crippen LogP contribution in [-0.4, -0.2) is 32.1 Å². The Kier molecular flexibility index (Phi) is 4.10. The largest absolute Gasteiger partial charge is 0.440 e. The fraction of sp³-hybridized carbons (Fsp3) is 0.333. The van der Waals surface area contributed by atoms with Crippen molar-refractivity contribution in [3.63, 3.8) is 0 Å². The van der Waals surface area contributed by atoms with E-state index in [0.29, 0.717) is 5.92 Å². The van der Waals surface area contributed by atoms with Crippen molar-refractivity contribution >= 4 is 34.4 Å². The van der Waals surface area contributed by atoms with E-state index in [1.165, 1.54) is 11.0 Å². The zero-order chi connectivity index (χ0) is 18.4. The molecule has 0 spiro atoms. The number of aromatic nitrogens is 3. The number of imidazole rings is 1. The Morgan fingerprint density at radius 2 is 1.74 bits per heavy atom. The molecule has 4 aromatic rings. The first-order chi connectivity index (χ1) is 13.2. The minimum absolute atomic E-state index is 0.397. The molecule has 0 aliphatic carbocycles. The van der Waals surface area contributed by atoms with Crippen LogP contribution in [0.25, 0.3) is 22.1 Å². The number of aryl methyl sites for hydroxylation is 1. The number of nitrogens with zero attached hydrogens (tertiary/aromatic N) is 4. The number of rotatable bonds is 3. The van der Waals surface area contributed by atoms with Gasteiger partial charge in [0.1, 0.15) is 5.52 Å². The van der Waals surface area contributed by atoms with Crippen LogP contribution in [0.5, 0.6) is 0 Å². The van der Waals surface area contributed by atoms with Crippen LogP contribution >= 0.6 is 12.2 Å². The van der Waals surface area contributed by atoms with Crippen molar-refractivity contribution in [3.05, 3.63) is 59.2 Å². The van der Waals surface area contributed by atoms with Crippen LogP contribution in [0.2, 0.25) is 0 Å². The Bertz CT molecular complexity index is 1130. The first-order valence-electron chi connectivity index (χ1n) is 9.43. The summed E-state index contributed by atoms with van der Waals surface area (Å²) >= 11 is 5.67. The Balaban J connectivity index is 1.33. The Hall–Kier alpha value is -2.44. The molecule has 0 N–H and O–H groups in total. The van der Waals surface area contributed by atoms with E-state index in [0.717, 1.165) is 54.4 Å². The van der Waals surface area contributed by atoms with Crippen molar-refractivity contribution in [3.8, 4) is 0 Å². The molecule has 1 saturated heterocycles. The maximum absolute atomic E-state index is 5.99. The van der Waals surface area contributed by atoms with Crippen LogP contribution in [0.4, 0.5) is 0 Å². The lowest BCUT2D eigenvalue weighted by Gasteiger charge is -2.30. The second kappa shape index (κ2) is 6.62. The van der Waals surface area contributed by atoms with Crippen LogP contribution < -0.4 is 0 Å². The molecule has 5 rings (SSSR count). The van der Waals surface area contributed by atoms with E-state index in [1.807, 2.05) is 31.3 Å². The molecule has 2 aromatic carbocycles. The first-order valence-corrected chi connectivity index (χ1v) is 9.83. The summed E-state index contributed by atoms with van der Waals surface area (Å²) in [6.45, 7) is 2.88. The van der Waals surface area contributed by atoms with E-state index in [1.54, 1.807) is 0 Å². The van der Waals surface area contributed by atoms with E-state index in [4.69, 9.17) is 21.6 Å². The molecule has 1 aliphatic heterocycles. The number of hydrogen-bond donors (Lipinski definition) is 0. The second-order valence-corrected chi connectivity index (χ2v) is 7.68. The van der Waals surface area contributed by atoms with E-state index in [2.05, 4.69) is 38.3 Å². The van der Waals surface area contributed by atoms with Gasteiger partial charge < -0.3 is 13.6 Å². The van der Waals surface area contributed by atoms with Gasteiger partial charge in [-0.05, 0) is 49.3 Å². The van der Waals surface area contributed by atoms with Gasteiger partial charge in [0.2, 0.25) is 0 Å². The number of fused-ring (bicyclic) bond motifs is 2. The predicted octanol–water partition coefficient (Wildman–Crippen LogP) is 4.69. The summed E-state index contributed by atoms with van der Waals surface area (Å²) in [5.74, 6) is 1.28. The standard InChI is InChI=1S/C21H22N4OS/c1-23-17-7-3-4-8-18(17)25(21(23)27)14-24-12-10-15(11-13-24)20-22-16-6-2-5-9-19(16)26-20/h2-9,15H,10-14H2,1H3. The van der Waals surface area contributed by atoms with E-state index in [9.17, 15) is 0 Å². The molecule has 27 heavy (non-hydrogen) atoms. The summed E-state index contributed by atoms with van der Waals surface area (Å²) in [5, 5.41) is 0. The Labute approximate surface area is 162 Å². The summed E-state index contributed by atoms with van der Waals surface area (Å²) in [6, 6.07) is 16.4. The van der Waals surface area contributed by atoms with Gasteiger partial charge in [-0.25, -0.2) is 4.98 Å². The van der Waals surface area contributed by atoms with Gasteiger partial charge in [-0.15, -0.1) is 0 Å². The highest BCUT2D eigenvalue weighted by molar-refractivity contribution is 7.71. The summed E-state index contributed by atoms with van der Waals surface area (Å²) in [5.41, 5.74) is 4.23. The van der Waals surface area contributed by atoms with Crippen molar-refractivity contribution in [1.29, 1.82) is 0 Å². The maximum Gasteiger partial charge on any atom is 0.198 e. The number of para-hydroxylation sites is 4. The first kappa shape index (κ1) is 16.7. The molecule has 5 nitrogen and oxygen atoms in total. The Morgan fingerprint density at radius 3 is 2.52 bits per heavy atom. The van der Waals surface area contributed by atoms with Gasteiger partial charge >= 0.3 is 0 Å². The summed E-state index contributed by atoms with van der Waals surface area (Å²) in [7, 11) is 2.04. The third kappa shape index (κ3) is 2.89. The van der Waals surface area contributed by atoms with Crippen LogP contribution in [0, 0.1) is 4.77 Å². The van der Waals surface area contributed by atoms with Crippen molar-refractivity contribution < 1.29 is 4.42 Å². The van der Waals surface area contributed by atoms with Crippen LogP contribution in [0.15, 0.2) is 52.9 Å². The van der Waals surface area contributed by atoms with Crippen LogP contribution in [0.1, 0.15) is 24.7 Å². The van der Waals surface area contributed by atoms with Crippen molar-refractivity contribution in [2.24, 2.45) is 7.05 Å². The smallest absolute Gasteiger partial charge is 0.198 e. The number of oxazole rings is 1. The molecule has 2 aromatic heterocycles. The van der Waals surface area contributed by atoms with E-state index in [-0.39, 0.29) is 0 Å². The van der Waals surface area contributed by atoms with E-state index < -0.39 is 0 Å². The van der Waals surface area contributed by atoms with Crippen molar-refractivity contribution in [2.75, 3.05) is 13.1 Å². The average molecular weight is 379 g/mol. The number of piperidine rings is 1. The highest BCUT2D eigenvalue weighted by atomic mass is 32.1. The number of hydrogen-bond acceptors (Lipinski definition) is 4. The summed E-state index contributed by atoms with van der Waals surface area (Å²) in [6.07, 6.45) is 2.12. The minimum Gasteiger partial charge on any atom is -0.440 e. The van der Waals surface area contributed by atoms with E-state index >= 15 is 0 Å². The van der Waals surface area contributed by atoms with Crippen molar-refractivity contribution in [2.45, 2.75) is 25.4 Å². The topological polar surface area (TPSA) is 39.1 Å². The monoisotopic (exact) mass is 378 g/mol. The number of likely N-dealkylation sites (tertiary alicyclic amines) is 1. The molecule has 0 amide bonds. The zero-order valence-electron chi connectivity index (χ0n) is 15.3. The molecule has 0 saturated carbocycles. The van der Waals surface area contributed by atoms with Gasteiger partial charge in [-0.3, -0.25) is 4.90 Å². The summed E-state index contributed by atoms with van der Waals surface area (Å²) in [4.78, 5) is 7.17. The lowest BCUT2D eigenvalue weighted by atomic mass is 9.97. The zero-order valence-corrected chi connectivity index (χ0v) is 16.2. The van der Waals surface area contributed by atoms with Gasteiger partial charge in [0.15, 0.2) is 16.2 Å². The maximum atomic E-state index is 5.99. The quantitative estimate of drug-likeness (QED) is 0.485. The van der Waals surface area contributed by atoms with Gasteiger partial charge in [0, 0.05) is 26.1 Å².